The lowest BCUT2D eigenvalue weighted by Crippen LogP contribution is -2.55. The van der Waals surface area contributed by atoms with Crippen LogP contribution in [0.1, 0.15) is 53.4 Å². The van der Waals surface area contributed by atoms with Gasteiger partial charge in [0.2, 0.25) is 11.8 Å². The summed E-state index contributed by atoms with van der Waals surface area (Å²) in [5.74, 6) is -1.63. The first-order chi connectivity index (χ1) is 25.1. The molecule has 0 aliphatic rings. The zero-order valence-electron chi connectivity index (χ0n) is 29.7. The number of benzene rings is 4. The minimum atomic E-state index is -4.50. The largest absolute Gasteiger partial charge is 0.484 e. The Morgan fingerprint density at radius 3 is 1.64 bits per heavy atom. The molecular weight excluding hydrogens is 689 g/mol. The molecule has 0 bridgehead atoms. The lowest BCUT2D eigenvalue weighted by atomic mass is 10.0. The molecule has 2 atom stereocenters. The van der Waals surface area contributed by atoms with E-state index in [0.29, 0.717) is 11.1 Å². The summed E-state index contributed by atoms with van der Waals surface area (Å²) in [5, 5.41) is 11.1. The second kappa shape index (κ2) is 18.6. The van der Waals surface area contributed by atoms with Crippen molar-refractivity contribution in [3.63, 3.8) is 0 Å². The fourth-order valence-electron chi connectivity index (χ4n) is 5.07. The maximum atomic E-state index is 13.9. The van der Waals surface area contributed by atoms with Crippen LogP contribution in [-0.2, 0) is 40.3 Å². The van der Waals surface area contributed by atoms with E-state index in [1.54, 1.807) is 51.1 Å². The van der Waals surface area contributed by atoms with Crippen LogP contribution in [0.5, 0.6) is 5.75 Å². The van der Waals surface area contributed by atoms with E-state index in [2.05, 4.69) is 21.3 Å². The van der Waals surface area contributed by atoms with Gasteiger partial charge in [0.15, 0.2) is 6.61 Å². The van der Waals surface area contributed by atoms with Crippen LogP contribution in [0.4, 0.5) is 18.0 Å². The van der Waals surface area contributed by atoms with E-state index >= 15 is 0 Å². The van der Waals surface area contributed by atoms with Crippen molar-refractivity contribution in [1.82, 2.24) is 21.3 Å². The van der Waals surface area contributed by atoms with E-state index in [1.165, 1.54) is 24.3 Å². The molecule has 0 saturated heterocycles. The maximum absolute atomic E-state index is 13.9. The third-order valence-electron chi connectivity index (χ3n) is 7.66. The first kappa shape index (κ1) is 39.9. The highest BCUT2D eigenvalue weighted by atomic mass is 19.4. The third kappa shape index (κ3) is 14.4. The van der Waals surface area contributed by atoms with Crippen LogP contribution in [0.2, 0.25) is 0 Å². The summed E-state index contributed by atoms with van der Waals surface area (Å²) in [6, 6.07) is 28.2. The molecule has 4 N–H and O–H groups in total. The molecule has 0 heterocycles. The number of carbonyl (C=O) groups excluding carboxylic acids is 4. The van der Waals surface area contributed by atoms with Crippen LogP contribution < -0.4 is 26.0 Å². The average molecular weight is 733 g/mol. The zero-order chi connectivity index (χ0) is 38.4. The van der Waals surface area contributed by atoms with Crippen LogP contribution >= 0.6 is 0 Å². The van der Waals surface area contributed by atoms with E-state index in [9.17, 15) is 32.3 Å². The number of hydrogen-bond acceptors (Lipinski definition) is 6. The molecule has 0 saturated carbocycles. The SMILES string of the molecule is CC(C)(C)OC(=O)NCc1ccc(CNC(=O)[C@H](Cc2ccccc2)NC(=O)C(Cc2ccc(OCC(F)(F)F)cc2)NC(=O)c2ccccc2)cc1. The number of alkyl halides is 3. The maximum Gasteiger partial charge on any atom is 0.422 e. The molecule has 53 heavy (non-hydrogen) atoms. The lowest BCUT2D eigenvalue weighted by Gasteiger charge is -2.24. The van der Waals surface area contributed by atoms with Crippen molar-refractivity contribution in [3.05, 3.63) is 137 Å². The van der Waals surface area contributed by atoms with Gasteiger partial charge in [0.05, 0.1) is 0 Å². The summed E-state index contributed by atoms with van der Waals surface area (Å²) in [6.07, 6.45) is -4.91. The van der Waals surface area contributed by atoms with E-state index in [1.807, 2.05) is 54.6 Å². The predicted molar refractivity (Wildman–Crippen MR) is 193 cm³/mol. The van der Waals surface area contributed by atoms with E-state index in [4.69, 9.17) is 9.47 Å². The van der Waals surface area contributed by atoms with Crippen molar-refractivity contribution in [3.8, 4) is 5.75 Å². The number of rotatable bonds is 15. The number of nitrogens with one attached hydrogen (secondary N) is 4. The van der Waals surface area contributed by atoms with E-state index in [-0.39, 0.29) is 31.7 Å². The molecule has 10 nitrogen and oxygen atoms in total. The second-order valence-corrected chi connectivity index (χ2v) is 13.3. The molecule has 13 heteroatoms. The number of halogens is 3. The number of ether oxygens (including phenoxy) is 2. The van der Waals surface area contributed by atoms with Crippen molar-refractivity contribution in [2.24, 2.45) is 0 Å². The fourth-order valence-corrected chi connectivity index (χ4v) is 5.07. The van der Waals surface area contributed by atoms with E-state index in [0.717, 1.165) is 16.7 Å². The van der Waals surface area contributed by atoms with Crippen molar-refractivity contribution in [1.29, 1.82) is 0 Å². The van der Waals surface area contributed by atoms with Gasteiger partial charge in [0, 0.05) is 31.5 Å². The van der Waals surface area contributed by atoms with Gasteiger partial charge in [-0.2, -0.15) is 13.2 Å². The molecule has 1 unspecified atom stereocenters. The molecule has 4 aromatic rings. The van der Waals surface area contributed by atoms with Gasteiger partial charge in [-0.1, -0.05) is 84.9 Å². The number of alkyl carbamates (subject to hydrolysis) is 1. The molecule has 0 radical (unpaired) electrons. The van der Waals surface area contributed by atoms with Gasteiger partial charge < -0.3 is 30.7 Å². The summed E-state index contributed by atoms with van der Waals surface area (Å²) in [5.41, 5.74) is 2.62. The normalized spacial score (nSPS) is 12.5. The molecule has 0 aromatic heterocycles. The minimum Gasteiger partial charge on any atom is -0.484 e. The Bertz CT molecular complexity index is 1800. The highest BCUT2D eigenvalue weighted by Gasteiger charge is 2.29. The van der Waals surface area contributed by atoms with Gasteiger partial charge in [-0.3, -0.25) is 14.4 Å². The summed E-state index contributed by atoms with van der Waals surface area (Å²) >= 11 is 0. The quantitative estimate of drug-likeness (QED) is 0.118. The standard InChI is InChI=1S/C40H43F3N4O6/c1-39(2,3)53-38(51)45-25-30-16-14-29(15-17-30)24-44-36(49)33(22-27-10-6-4-7-11-27)47-37(50)34(46-35(48)31-12-8-5-9-13-31)23-28-18-20-32(21-19-28)52-26-40(41,42)43/h4-21,33-34H,22-26H2,1-3H3,(H,44,49)(H,45,51)(H,46,48)(H,47,50)/t33-,34?/m0/s1. The van der Waals surface area contributed by atoms with Crippen LogP contribution in [0.25, 0.3) is 0 Å². The minimum absolute atomic E-state index is 0.00731. The molecule has 0 spiro atoms. The Morgan fingerprint density at radius 2 is 1.09 bits per heavy atom. The topological polar surface area (TPSA) is 135 Å². The van der Waals surface area contributed by atoms with Gasteiger partial charge in [-0.05, 0) is 67.3 Å². The highest BCUT2D eigenvalue weighted by Crippen LogP contribution is 2.20. The lowest BCUT2D eigenvalue weighted by molar-refractivity contribution is -0.153. The smallest absolute Gasteiger partial charge is 0.422 e. The van der Waals surface area contributed by atoms with Gasteiger partial charge >= 0.3 is 12.3 Å². The Labute approximate surface area is 306 Å². The number of carbonyl (C=O) groups is 4. The predicted octanol–water partition coefficient (Wildman–Crippen LogP) is 6.04. The number of amides is 4. The summed E-state index contributed by atoms with van der Waals surface area (Å²) in [6.45, 7) is 4.29. The fraction of sp³-hybridized carbons (Fsp3) is 0.300. The molecule has 0 fully saturated rings. The molecule has 0 aliphatic carbocycles. The van der Waals surface area contributed by atoms with Crippen LogP contribution in [0.15, 0.2) is 109 Å². The van der Waals surface area contributed by atoms with Crippen LogP contribution in [-0.4, -0.2) is 54.3 Å². The Hall–Kier alpha value is -5.85. The monoisotopic (exact) mass is 732 g/mol. The first-order valence-electron chi connectivity index (χ1n) is 16.9. The Balaban J connectivity index is 1.46. The molecule has 0 aliphatic heterocycles. The first-order valence-corrected chi connectivity index (χ1v) is 16.9. The molecular formula is C40H43F3N4O6. The summed E-state index contributed by atoms with van der Waals surface area (Å²) in [4.78, 5) is 52.7. The van der Waals surface area contributed by atoms with Crippen molar-refractivity contribution >= 4 is 23.8 Å². The molecule has 4 amide bonds. The van der Waals surface area contributed by atoms with Gasteiger partial charge in [-0.15, -0.1) is 0 Å². The highest BCUT2D eigenvalue weighted by molar-refractivity contribution is 5.98. The van der Waals surface area contributed by atoms with Gasteiger partial charge in [-0.25, -0.2) is 4.79 Å². The second-order valence-electron chi connectivity index (χ2n) is 13.3. The van der Waals surface area contributed by atoms with E-state index < -0.39 is 54.3 Å². The number of hydrogen-bond donors (Lipinski definition) is 4. The summed E-state index contributed by atoms with van der Waals surface area (Å²) in [7, 11) is 0. The molecule has 4 aromatic carbocycles. The van der Waals surface area contributed by atoms with Crippen LogP contribution in [0.3, 0.4) is 0 Å². The Kier molecular flexibility index (Phi) is 14.0. The molecule has 280 valence electrons. The average Bonchev–Trinajstić information content (AvgIpc) is 3.12. The van der Waals surface area contributed by atoms with Crippen molar-refractivity contribution in [2.45, 2.75) is 70.6 Å². The molecule has 4 rings (SSSR count). The Morgan fingerprint density at radius 1 is 0.604 bits per heavy atom. The third-order valence-corrected chi connectivity index (χ3v) is 7.66. The zero-order valence-corrected chi connectivity index (χ0v) is 29.7. The van der Waals surface area contributed by atoms with Gasteiger partial charge in [0.1, 0.15) is 23.4 Å². The van der Waals surface area contributed by atoms with Crippen molar-refractivity contribution in [2.75, 3.05) is 6.61 Å². The van der Waals surface area contributed by atoms with Crippen LogP contribution in [0, 0.1) is 0 Å². The van der Waals surface area contributed by atoms with Crippen molar-refractivity contribution < 1.29 is 41.8 Å². The summed E-state index contributed by atoms with van der Waals surface area (Å²) < 4.78 is 47.9. The van der Waals surface area contributed by atoms with Gasteiger partial charge in [0.25, 0.3) is 5.91 Å².